The molecule has 0 saturated heterocycles. The van der Waals surface area contributed by atoms with E-state index >= 15 is 0 Å². The van der Waals surface area contributed by atoms with Gasteiger partial charge in [-0.2, -0.15) is 44.5 Å². The van der Waals surface area contributed by atoms with Gasteiger partial charge in [-0.25, -0.2) is 4.74 Å². The van der Waals surface area contributed by atoms with E-state index in [1.54, 1.807) is 0 Å². The molecule has 0 unspecified atom stereocenters. The third-order valence-electron chi connectivity index (χ3n) is 1.47. The van der Waals surface area contributed by atoms with Crippen molar-refractivity contribution in [2.45, 2.75) is 24.4 Å². The zero-order valence-corrected chi connectivity index (χ0v) is 7.87. The van der Waals surface area contributed by atoms with Gasteiger partial charge in [-0.1, -0.05) is 0 Å². The molecule has 1 rings (SSSR count). The zero-order chi connectivity index (χ0) is 14.4. The van der Waals surface area contributed by atoms with Crippen LogP contribution in [0.15, 0.2) is 4.99 Å². The molecule has 0 bridgehead atoms. The third-order valence-corrected chi connectivity index (χ3v) is 1.47. The molecule has 0 spiro atoms. The highest BCUT2D eigenvalue weighted by atomic mass is 19.4. The first kappa shape index (κ1) is 14.9. The van der Waals surface area contributed by atoms with E-state index < -0.39 is 36.9 Å². The number of hydrogen-bond donors (Lipinski definition) is 0. The van der Waals surface area contributed by atoms with E-state index in [1.165, 1.54) is 4.99 Å². The first-order chi connectivity index (χ1) is 7.77. The standard InChI is InChI=1S/C6H2F9NO2/c7-3(8,9)1-17-2-4(10,11)18-6(14,15)5(12,13)16-2/h1H2. The normalized spacial score (nSPS) is 25.5. The molecule has 0 aliphatic carbocycles. The van der Waals surface area contributed by atoms with Gasteiger partial charge in [0.25, 0.3) is 5.90 Å². The monoisotopic (exact) mass is 291 g/mol. The molecule has 18 heavy (non-hydrogen) atoms. The number of nitrogens with zero attached hydrogens (tertiary/aromatic N) is 1. The molecule has 0 fully saturated rings. The van der Waals surface area contributed by atoms with E-state index in [9.17, 15) is 39.5 Å². The largest absolute Gasteiger partial charge is 0.465 e. The Labute approximate surface area is 92.2 Å². The summed E-state index contributed by atoms with van der Waals surface area (Å²) in [6.07, 6.45) is -16.0. The van der Waals surface area contributed by atoms with Crippen molar-refractivity contribution in [1.29, 1.82) is 0 Å². The van der Waals surface area contributed by atoms with Crippen LogP contribution in [0.3, 0.4) is 0 Å². The highest BCUT2D eigenvalue weighted by Gasteiger charge is 2.69. The fraction of sp³-hybridized carbons (Fsp3) is 0.833. The molecule has 1 aliphatic heterocycles. The lowest BCUT2D eigenvalue weighted by Crippen LogP contribution is -2.55. The van der Waals surface area contributed by atoms with Crippen LogP contribution in [0.25, 0.3) is 0 Å². The van der Waals surface area contributed by atoms with Crippen molar-refractivity contribution in [2.75, 3.05) is 6.61 Å². The molecular formula is C6H2F9NO2. The van der Waals surface area contributed by atoms with Gasteiger partial charge in [-0.3, -0.25) is 0 Å². The van der Waals surface area contributed by atoms with Gasteiger partial charge < -0.3 is 4.74 Å². The van der Waals surface area contributed by atoms with Gasteiger partial charge >= 0.3 is 24.4 Å². The van der Waals surface area contributed by atoms with Crippen LogP contribution in [-0.2, 0) is 9.47 Å². The first-order valence-corrected chi connectivity index (χ1v) is 3.90. The maximum absolute atomic E-state index is 12.6. The Hall–Kier alpha value is -1.20. The van der Waals surface area contributed by atoms with Crippen LogP contribution < -0.4 is 0 Å². The molecule has 1 aliphatic rings. The maximum atomic E-state index is 12.6. The van der Waals surface area contributed by atoms with Gasteiger partial charge in [0.15, 0.2) is 6.61 Å². The maximum Gasteiger partial charge on any atom is 0.447 e. The van der Waals surface area contributed by atoms with Gasteiger partial charge in [0.2, 0.25) is 0 Å². The van der Waals surface area contributed by atoms with Crippen LogP contribution in [0.5, 0.6) is 0 Å². The molecule has 3 nitrogen and oxygen atoms in total. The number of aliphatic imine (C=N–C) groups is 1. The fourth-order valence-electron chi connectivity index (χ4n) is 0.790. The van der Waals surface area contributed by atoms with Crippen LogP contribution in [0.2, 0.25) is 0 Å². The molecule has 0 aromatic rings. The molecule has 0 radical (unpaired) electrons. The average Bonchev–Trinajstić information content (AvgIpc) is 2.06. The van der Waals surface area contributed by atoms with E-state index in [1.807, 2.05) is 0 Å². The summed E-state index contributed by atoms with van der Waals surface area (Å²) in [5, 5.41) is 0. The molecule has 0 amide bonds. The van der Waals surface area contributed by atoms with Crippen molar-refractivity contribution in [3.63, 3.8) is 0 Å². The molecule has 106 valence electrons. The first-order valence-electron chi connectivity index (χ1n) is 3.90. The predicted molar refractivity (Wildman–Crippen MR) is 35.4 cm³/mol. The molecule has 12 heteroatoms. The van der Waals surface area contributed by atoms with Gasteiger partial charge in [0, 0.05) is 0 Å². The summed E-state index contributed by atoms with van der Waals surface area (Å²) in [7, 11) is 0. The second-order valence-corrected chi connectivity index (χ2v) is 3.00. The Balaban J connectivity index is 2.99. The number of halogens is 9. The van der Waals surface area contributed by atoms with Gasteiger partial charge in [-0.05, 0) is 0 Å². The van der Waals surface area contributed by atoms with Crippen molar-refractivity contribution in [2.24, 2.45) is 4.99 Å². The SMILES string of the molecule is FC(F)(F)COC1=NC(F)(F)C(F)(F)OC1(F)F. The summed E-state index contributed by atoms with van der Waals surface area (Å²) in [4.78, 5) is 1.46. The Morgan fingerprint density at radius 3 is 2.00 bits per heavy atom. The smallest absolute Gasteiger partial charge is 0.447 e. The van der Waals surface area contributed by atoms with Gasteiger partial charge in [0.1, 0.15) is 0 Å². The Kier molecular flexibility index (Phi) is 3.22. The summed E-state index contributed by atoms with van der Waals surface area (Å²) >= 11 is 0. The van der Waals surface area contributed by atoms with E-state index in [0.717, 1.165) is 0 Å². The summed E-state index contributed by atoms with van der Waals surface area (Å²) in [5.41, 5.74) is 0. The summed E-state index contributed by atoms with van der Waals surface area (Å²) < 4.78 is 115. The predicted octanol–water partition coefficient (Wildman–Crippen LogP) is 2.77. The molecule has 0 saturated carbocycles. The number of hydrogen-bond acceptors (Lipinski definition) is 3. The summed E-state index contributed by atoms with van der Waals surface area (Å²) in [6.45, 7) is -2.41. The lowest BCUT2D eigenvalue weighted by Gasteiger charge is -2.32. The molecule has 0 atom stereocenters. The molecule has 0 N–H and O–H groups in total. The Morgan fingerprint density at radius 1 is 1.06 bits per heavy atom. The van der Waals surface area contributed by atoms with E-state index in [0.29, 0.717) is 0 Å². The van der Waals surface area contributed by atoms with Gasteiger partial charge in [0.05, 0.1) is 0 Å². The van der Waals surface area contributed by atoms with Crippen molar-refractivity contribution < 1.29 is 49.0 Å². The van der Waals surface area contributed by atoms with Crippen molar-refractivity contribution in [3.8, 4) is 0 Å². The Morgan fingerprint density at radius 2 is 1.56 bits per heavy atom. The van der Waals surface area contributed by atoms with Crippen LogP contribution in [0.1, 0.15) is 0 Å². The average molecular weight is 291 g/mol. The van der Waals surface area contributed by atoms with Crippen LogP contribution in [-0.4, -0.2) is 36.9 Å². The van der Waals surface area contributed by atoms with Crippen LogP contribution >= 0.6 is 0 Å². The second kappa shape index (κ2) is 3.90. The minimum absolute atomic E-state index is 1.46. The van der Waals surface area contributed by atoms with E-state index in [-0.39, 0.29) is 0 Å². The molecule has 0 aromatic heterocycles. The van der Waals surface area contributed by atoms with Crippen LogP contribution in [0, 0.1) is 0 Å². The minimum Gasteiger partial charge on any atom is -0.465 e. The fourth-order valence-corrected chi connectivity index (χ4v) is 0.790. The topological polar surface area (TPSA) is 30.8 Å². The summed E-state index contributed by atoms with van der Waals surface area (Å²) in [6, 6.07) is -5.46. The lowest BCUT2D eigenvalue weighted by atomic mass is 10.4. The highest BCUT2D eigenvalue weighted by molar-refractivity contribution is 5.83. The third kappa shape index (κ3) is 2.97. The van der Waals surface area contributed by atoms with Crippen LogP contribution in [0.4, 0.5) is 39.5 Å². The quantitative estimate of drug-likeness (QED) is 0.549. The second-order valence-electron chi connectivity index (χ2n) is 3.00. The highest BCUT2D eigenvalue weighted by Crippen LogP contribution is 2.45. The molecule has 0 aromatic carbocycles. The van der Waals surface area contributed by atoms with Gasteiger partial charge in [-0.15, -0.1) is 0 Å². The number of alkyl halides is 9. The lowest BCUT2D eigenvalue weighted by molar-refractivity contribution is -0.423. The van der Waals surface area contributed by atoms with Crippen molar-refractivity contribution in [3.05, 3.63) is 0 Å². The van der Waals surface area contributed by atoms with Crippen molar-refractivity contribution >= 4 is 5.90 Å². The number of rotatable bonds is 1. The number of ether oxygens (including phenoxy) is 2. The van der Waals surface area contributed by atoms with E-state index in [4.69, 9.17) is 0 Å². The molecule has 1 heterocycles. The zero-order valence-electron chi connectivity index (χ0n) is 7.87. The Bertz CT molecular complexity index is 361. The minimum atomic E-state index is -5.67. The van der Waals surface area contributed by atoms with E-state index in [2.05, 4.69) is 9.47 Å². The van der Waals surface area contributed by atoms with Crippen molar-refractivity contribution in [1.82, 2.24) is 0 Å². The summed E-state index contributed by atoms with van der Waals surface area (Å²) in [5.74, 6) is -2.57. The molecular weight excluding hydrogens is 289 g/mol.